The summed E-state index contributed by atoms with van der Waals surface area (Å²) in [5, 5.41) is 2.79. The standard InChI is InChI=1S/C22H18F3N3O4/c23-22(24,25)12-4-1-3-11(9-12)17-7-8-18(32-17)21(31)28-16-6-2-5-15-13(16)10-14(19(26)29)20(30)27-15/h1,3-4,7-10,16H,2,5-6H2,(H2,26,29)(H,27,30)(H,28,31)/t16-/m1/s1. The summed E-state index contributed by atoms with van der Waals surface area (Å²) in [7, 11) is 0. The lowest BCUT2D eigenvalue weighted by molar-refractivity contribution is -0.137. The first kappa shape index (κ1) is 21.4. The number of H-pyrrole nitrogens is 1. The molecule has 0 unspecified atom stereocenters. The Morgan fingerprint density at radius 3 is 2.66 bits per heavy atom. The molecule has 32 heavy (non-hydrogen) atoms. The second kappa shape index (κ2) is 8.03. The number of aromatic amines is 1. The molecular weight excluding hydrogens is 427 g/mol. The number of nitrogens with two attached hydrogens (primary N) is 1. The highest BCUT2D eigenvalue weighted by molar-refractivity contribution is 5.93. The van der Waals surface area contributed by atoms with Gasteiger partial charge in [-0.05, 0) is 55.2 Å². The van der Waals surface area contributed by atoms with Crippen LogP contribution in [0.25, 0.3) is 11.3 Å². The van der Waals surface area contributed by atoms with Crippen molar-refractivity contribution in [2.75, 3.05) is 0 Å². The summed E-state index contributed by atoms with van der Waals surface area (Å²) in [6.07, 6.45) is -2.67. The van der Waals surface area contributed by atoms with E-state index in [0.717, 1.165) is 12.1 Å². The number of alkyl halides is 3. The number of aryl methyl sites for hydroxylation is 1. The van der Waals surface area contributed by atoms with Crippen molar-refractivity contribution in [3.8, 4) is 11.3 Å². The molecule has 2 amide bonds. The number of rotatable bonds is 4. The number of primary amides is 1. The first-order chi connectivity index (χ1) is 15.1. The highest BCUT2D eigenvalue weighted by atomic mass is 19.4. The molecule has 1 aliphatic rings. The smallest absolute Gasteiger partial charge is 0.416 e. The van der Waals surface area contributed by atoms with E-state index < -0.39 is 35.2 Å². The quantitative estimate of drug-likeness (QED) is 0.569. The Kier molecular flexibility index (Phi) is 5.37. The maximum absolute atomic E-state index is 13.0. The summed E-state index contributed by atoms with van der Waals surface area (Å²) in [6.45, 7) is 0. The van der Waals surface area contributed by atoms with E-state index in [2.05, 4.69) is 10.3 Å². The maximum Gasteiger partial charge on any atom is 0.416 e. The minimum absolute atomic E-state index is 0.0796. The van der Waals surface area contributed by atoms with Crippen molar-refractivity contribution >= 4 is 11.8 Å². The van der Waals surface area contributed by atoms with Gasteiger partial charge in [0.15, 0.2) is 5.76 Å². The van der Waals surface area contributed by atoms with Crippen LogP contribution in [0.4, 0.5) is 13.2 Å². The first-order valence-corrected chi connectivity index (χ1v) is 9.77. The van der Waals surface area contributed by atoms with Gasteiger partial charge in [-0.15, -0.1) is 0 Å². The molecule has 1 aliphatic carbocycles. The highest BCUT2D eigenvalue weighted by Crippen LogP contribution is 2.33. The molecule has 0 aliphatic heterocycles. The average molecular weight is 445 g/mol. The van der Waals surface area contributed by atoms with E-state index in [9.17, 15) is 27.6 Å². The lowest BCUT2D eigenvalue weighted by atomic mass is 9.90. The molecule has 2 heterocycles. The van der Waals surface area contributed by atoms with Gasteiger partial charge in [0.25, 0.3) is 17.4 Å². The minimum Gasteiger partial charge on any atom is -0.451 e. The number of amides is 2. The predicted molar refractivity (Wildman–Crippen MR) is 108 cm³/mol. The van der Waals surface area contributed by atoms with Crippen molar-refractivity contribution in [3.63, 3.8) is 0 Å². The second-order valence-electron chi connectivity index (χ2n) is 7.47. The average Bonchev–Trinajstić information content (AvgIpc) is 3.23. The van der Waals surface area contributed by atoms with Crippen LogP contribution in [-0.4, -0.2) is 16.8 Å². The zero-order valence-electron chi connectivity index (χ0n) is 16.6. The van der Waals surface area contributed by atoms with E-state index in [1.165, 1.54) is 30.3 Å². The normalized spacial score (nSPS) is 15.8. The number of aromatic nitrogens is 1. The van der Waals surface area contributed by atoms with E-state index in [0.29, 0.717) is 30.5 Å². The zero-order valence-corrected chi connectivity index (χ0v) is 16.6. The fourth-order valence-electron chi connectivity index (χ4n) is 3.77. The Balaban J connectivity index is 1.57. The Bertz CT molecular complexity index is 1260. The summed E-state index contributed by atoms with van der Waals surface area (Å²) in [5.41, 5.74) is 5.03. The van der Waals surface area contributed by atoms with Crippen LogP contribution < -0.4 is 16.6 Å². The fraction of sp³-hybridized carbons (Fsp3) is 0.227. The number of hydrogen-bond acceptors (Lipinski definition) is 4. The van der Waals surface area contributed by atoms with Crippen LogP contribution in [-0.2, 0) is 12.6 Å². The Morgan fingerprint density at radius 1 is 1.16 bits per heavy atom. The van der Waals surface area contributed by atoms with Gasteiger partial charge >= 0.3 is 6.18 Å². The molecule has 0 spiro atoms. The third-order valence-corrected chi connectivity index (χ3v) is 5.33. The van der Waals surface area contributed by atoms with Crippen LogP contribution in [0.2, 0.25) is 0 Å². The number of halogens is 3. The number of furan rings is 1. The molecule has 10 heteroatoms. The van der Waals surface area contributed by atoms with Crippen LogP contribution in [0, 0.1) is 0 Å². The van der Waals surface area contributed by atoms with Gasteiger partial charge in [0.2, 0.25) is 0 Å². The van der Waals surface area contributed by atoms with Crippen LogP contribution in [0.5, 0.6) is 0 Å². The molecule has 0 fully saturated rings. The molecule has 4 rings (SSSR count). The van der Waals surface area contributed by atoms with Gasteiger partial charge in [-0.25, -0.2) is 0 Å². The molecule has 1 aromatic carbocycles. The van der Waals surface area contributed by atoms with Gasteiger partial charge in [0.1, 0.15) is 11.3 Å². The molecular formula is C22H18F3N3O4. The van der Waals surface area contributed by atoms with Crippen molar-refractivity contribution in [1.82, 2.24) is 10.3 Å². The van der Waals surface area contributed by atoms with Gasteiger partial charge in [0, 0.05) is 11.3 Å². The van der Waals surface area contributed by atoms with Gasteiger partial charge in [-0.2, -0.15) is 13.2 Å². The molecule has 4 N–H and O–H groups in total. The number of pyridine rings is 1. The van der Waals surface area contributed by atoms with Crippen molar-refractivity contribution in [3.05, 3.63) is 81.0 Å². The molecule has 1 atom stereocenters. The summed E-state index contributed by atoms with van der Waals surface area (Å²) >= 11 is 0. The number of carbonyl (C=O) groups excluding carboxylic acids is 2. The molecule has 0 radical (unpaired) electrons. The topological polar surface area (TPSA) is 118 Å². The Labute approximate surface area is 179 Å². The van der Waals surface area contributed by atoms with Crippen molar-refractivity contribution < 1.29 is 27.2 Å². The monoisotopic (exact) mass is 445 g/mol. The predicted octanol–water partition coefficient (Wildman–Crippen LogP) is 3.56. The van der Waals surface area contributed by atoms with E-state index in [4.69, 9.17) is 10.2 Å². The Hall–Kier alpha value is -3.82. The van der Waals surface area contributed by atoms with Crippen LogP contribution in [0.3, 0.4) is 0 Å². The van der Waals surface area contributed by atoms with Gasteiger partial charge in [-0.1, -0.05) is 12.1 Å². The lowest BCUT2D eigenvalue weighted by Gasteiger charge is -2.26. The molecule has 0 bridgehead atoms. The summed E-state index contributed by atoms with van der Waals surface area (Å²) < 4.78 is 44.4. The molecule has 166 valence electrons. The third kappa shape index (κ3) is 4.16. The summed E-state index contributed by atoms with van der Waals surface area (Å²) in [6, 6.07) is 8.29. The molecule has 0 saturated carbocycles. The summed E-state index contributed by atoms with van der Waals surface area (Å²) in [4.78, 5) is 38.9. The van der Waals surface area contributed by atoms with E-state index in [1.807, 2.05) is 0 Å². The molecule has 2 aromatic heterocycles. The van der Waals surface area contributed by atoms with Gasteiger partial charge in [-0.3, -0.25) is 14.4 Å². The second-order valence-corrected chi connectivity index (χ2v) is 7.47. The summed E-state index contributed by atoms with van der Waals surface area (Å²) in [5.74, 6) is -1.41. The third-order valence-electron chi connectivity index (χ3n) is 5.33. The van der Waals surface area contributed by atoms with Crippen LogP contribution in [0.15, 0.2) is 51.7 Å². The molecule has 0 saturated heterocycles. The van der Waals surface area contributed by atoms with E-state index in [-0.39, 0.29) is 22.6 Å². The van der Waals surface area contributed by atoms with Crippen molar-refractivity contribution in [2.45, 2.75) is 31.5 Å². The van der Waals surface area contributed by atoms with Crippen LogP contribution in [0.1, 0.15) is 56.6 Å². The largest absolute Gasteiger partial charge is 0.451 e. The van der Waals surface area contributed by atoms with Crippen molar-refractivity contribution in [2.24, 2.45) is 5.73 Å². The van der Waals surface area contributed by atoms with Crippen molar-refractivity contribution in [1.29, 1.82) is 0 Å². The van der Waals surface area contributed by atoms with Gasteiger partial charge < -0.3 is 20.5 Å². The fourth-order valence-corrected chi connectivity index (χ4v) is 3.77. The van der Waals surface area contributed by atoms with Gasteiger partial charge in [0.05, 0.1) is 11.6 Å². The molecule has 3 aromatic rings. The van der Waals surface area contributed by atoms with E-state index in [1.54, 1.807) is 0 Å². The molecule has 7 nitrogen and oxygen atoms in total. The highest BCUT2D eigenvalue weighted by Gasteiger charge is 2.31. The lowest BCUT2D eigenvalue weighted by Crippen LogP contribution is -2.34. The van der Waals surface area contributed by atoms with E-state index >= 15 is 0 Å². The maximum atomic E-state index is 13.0. The number of fused-ring (bicyclic) bond motifs is 1. The number of carbonyl (C=O) groups is 2. The number of hydrogen-bond donors (Lipinski definition) is 3. The zero-order chi connectivity index (χ0) is 23.0. The number of nitrogens with one attached hydrogen (secondary N) is 2. The number of benzene rings is 1. The SMILES string of the molecule is NC(=O)c1cc2c([nH]c1=O)CCC[C@H]2NC(=O)c1ccc(-c2cccc(C(F)(F)F)c2)o1. The minimum atomic E-state index is -4.50. The van der Waals surface area contributed by atoms with Crippen LogP contribution >= 0.6 is 0 Å². The first-order valence-electron chi connectivity index (χ1n) is 9.77. The Morgan fingerprint density at radius 2 is 1.94 bits per heavy atom.